The summed E-state index contributed by atoms with van der Waals surface area (Å²) in [6, 6.07) is 16.6. The van der Waals surface area contributed by atoms with Crippen LogP contribution in [0, 0.1) is 0 Å². The molecule has 0 unspecified atom stereocenters. The van der Waals surface area contributed by atoms with Crippen molar-refractivity contribution >= 4 is 33.9 Å². The minimum absolute atomic E-state index is 0.748. The van der Waals surface area contributed by atoms with Gasteiger partial charge >= 0.3 is 0 Å². The molecule has 24 heavy (non-hydrogen) atoms. The average molecular weight is 338 g/mol. The first-order chi connectivity index (χ1) is 11.7. The number of fused-ring (bicyclic) bond motifs is 1. The summed E-state index contributed by atoms with van der Waals surface area (Å²) >= 11 is 6.07. The molecule has 2 aromatic carbocycles. The number of benzene rings is 2. The molecule has 3 nitrogen and oxygen atoms in total. The highest BCUT2D eigenvalue weighted by molar-refractivity contribution is 6.31. The Morgan fingerprint density at radius 3 is 2.50 bits per heavy atom. The van der Waals surface area contributed by atoms with E-state index in [2.05, 4.69) is 57.8 Å². The smallest absolute Gasteiger partial charge is 0.0475 e. The van der Waals surface area contributed by atoms with E-state index in [0.29, 0.717) is 0 Å². The summed E-state index contributed by atoms with van der Waals surface area (Å²) in [6.07, 6.45) is 2.03. The van der Waals surface area contributed by atoms with Gasteiger partial charge in [0.25, 0.3) is 0 Å². The molecule has 1 saturated heterocycles. The predicted molar refractivity (Wildman–Crippen MR) is 103 cm³/mol. The van der Waals surface area contributed by atoms with Crippen molar-refractivity contribution in [2.75, 3.05) is 31.1 Å². The average Bonchev–Trinajstić information content (AvgIpc) is 3.05. The lowest BCUT2D eigenvalue weighted by molar-refractivity contribution is 0.368. The lowest BCUT2D eigenvalue weighted by Crippen LogP contribution is -2.45. The van der Waals surface area contributed by atoms with Crippen LogP contribution in [0.4, 0.5) is 5.69 Å². The van der Waals surface area contributed by atoms with Crippen LogP contribution < -0.4 is 4.90 Å². The summed E-state index contributed by atoms with van der Waals surface area (Å²) in [4.78, 5) is 8.10. The Morgan fingerprint density at radius 1 is 1.00 bits per heavy atom. The largest absolute Gasteiger partial charge is 0.368 e. The minimum Gasteiger partial charge on any atom is -0.368 e. The van der Waals surface area contributed by atoms with E-state index in [1.54, 1.807) is 0 Å². The zero-order valence-electron chi connectivity index (χ0n) is 13.5. The van der Waals surface area contributed by atoms with Crippen LogP contribution in [0.3, 0.4) is 0 Å². The topological polar surface area (TPSA) is 22.3 Å². The van der Waals surface area contributed by atoms with Gasteiger partial charge in [-0.05, 0) is 24.3 Å². The van der Waals surface area contributed by atoms with Crippen LogP contribution in [0.15, 0.2) is 61.3 Å². The van der Waals surface area contributed by atoms with E-state index in [1.165, 1.54) is 11.1 Å². The summed E-state index contributed by atoms with van der Waals surface area (Å²) in [5, 5.41) is 1.92. The number of para-hydroxylation sites is 1. The number of nitrogens with zero attached hydrogens (tertiary/aromatic N) is 2. The van der Waals surface area contributed by atoms with Crippen LogP contribution in [-0.4, -0.2) is 36.1 Å². The first kappa shape index (κ1) is 15.2. The van der Waals surface area contributed by atoms with Crippen molar-refractivity contribution in [2.24, 2.45) is 0 Å². The number of aromatic nitrogens is 1. The van der Waals surface area contributed by atoms with Gasteiger partial charge in [0.1, 0.15) is 0 Å². The summed E-state index contributed by atoms with van der Waals surface area (Å²) in [6.45, 7) is 8.33. The zero-order valence-corrected chi connectivity index (χ0v) is 14.3. The number of anilines is 1. The first-order valence-corrected chi connectivity index (χ1v) is 8.61. The monoisotopic (exact) mass is 337 g/mol. The van der Waals surface area contributed by atoms with Crippen LogP contribution in [0.1, 0.15) is 5.56 Å². The van der Waals surface area contributed by atoms with Gasteiger partial charge in [-0.3, -0.25) is 0 Å². The quantitative estimate of drug-likeness (QED) is 0.753. The molecule has 0 saturated carbocycles. The third-order valence-corrected chi connectivity index (χ3v) is 4.97. The van der Waals surface area contributed by atoms with Gasteiger partial charge in [0, 0.05) is 65.2 Å². The van der Waals surface area contributed by atoms with Gasteiger partial charge in [-0.1, -0.05) is 42.4 Å². The van der Waals surface area contributed by atoms with Crippen LogP contribution in [0.25, 0.3) is 16.6 Å². The van der Waals surface area contributed by atoms with Crippen LogP contribution in [0.5, 0.6) is 0 Å². The molecule has 0 spiro atoms. The van der Waals surface area contributed by atoms with Crippen molar-refractivity contribution in [3.8, 4) is 0 Å². The van der Waals surface area contributed by atoms with Gasteiger partial charge in [0.2, 0.25) is 0 Å². The third-order valence-electron chi connectivity index (χ3n) is 4.74. The van der Waals surface area contributed by atoms with Crippen molar-refractivity contribution in [3.63, 3.8) is 0 Å². The lowest BCUT2D eigenvalue weighted by Gasteiger charge is -2.38. The van der Waals surface area contributed by atoms with Crippen molar-refractivity contribution in [2.45, 2.75) is 0 Å². The molecule has 4 heteroatoms. The molecule has 4 rings (SSSR count). The van der Waals surface area contributed by atoms with Gasteiger partial charge < -0.3 is 14.8 Å². The van der Waals surface area contributed by atoms with Crippen molar-refractivity contribution in [1.29, 1.82) is 0 Å². The molecule has 3 aromatic rings. The summed E-state index contributed by atoms with van der Waals surface area (Å²) in [5.41, 5.74) is 4.59. The van der Waals surface area contributed by atoms with E-state index in [0.717, 1.165) is 48.0 Å². The molecule has 0 bridgehead atoms. The third kappa shape index (κ3) is 2.76. The Balaban J connectivity index is 1.50. The first-order valence-electron chi connectivity index (χ1n) is 8.23. The van der Waals surface area contributed by atoms with Crippen molar-refractivity contribution in [1.82, 2.24) is 9.88 Å². The number of hydrogen-bond acceptors (Lipinski definition) is 2. The standard InChI is InChI=1S/C20H20ClN3/c1-15(19-14-22-20-13-16(21)7-8-18(19)20)23-9-11-24(12-10-23)17-5-3-2-4-6-17/h2-8,13-14,22H,1,9-12H2. The Labute approximate surface area is 147 Å². The molecule has 1 aliphatic heterocycles. The minimum atomic E-state index is 0.748. The van der Waals surface area contributed by atoms with Crippen molar-refractivity contribution < 1.29 is 0 Å². The van der Waals surface area contributed by atoms with Crippen LogP contribution in [0.2, 0.25) is 5.02 Å². The molecule has 1 N–H and O–H groups in total. The summed E-state index contributed by atoms with van der Waals surface area (Å²) in [5.74, 6) is 0. The number of rotatable bonds is 3. The van der Waals surface area contributed by atoms with Gasteiger partial charge in [-0.15, -0.1) is 0 Å². The maximum Gasteiger partial charge on any atom is 0.0475 e. The number of aromatic amines is 1. The van der Waals surface area contributed by atoms with E-state index < -0.39 is 0 Å². The van der Waals surface area contributed by atoms with Gasteiger partial charge in [0.15, 0.2) is 0 Å². The van der Waals surface area contributed by atoms with Crippen LogP contribution >= 0.6 is 11.6 Å². The Hall–Kier alpha value is -2.39. The van der Waals surface area contributed by atoms with Gasteiger partial charge in [0.05, 0.1) is 0 Å². The molecular formula is C20H20ClN3. The number of halogens is 1. The molecule has 1 aliphatic rings. The number of H-pyrrole nitrogens is 1. The fourth-order valence-corrected chi connectivity index (χ4v) is 3.55. The lowest BCUT2D eigenvalue weighted by atomic mass is 10.1. The number of hydrogen-bond donors (Lipinski definition) is 1. The highest BCUT2D eigenvalue weighted by Gasteiger charge is 2.20. The highest BCUT2D eigenvalue weighted by atomic mass is 35.5. The fraction of sp³-hybridized carbons (Fsp3) is 0.200. The molecular weight excluding hydrogens is 318 g/mol. The summed E-state index contributed by atoms with van der Waals surface area (Å²) in [7, 11) is 0. The van der Waals surface area contributed by atoms with Gasteiger partial charge in [-0.25, -0.2) is 0 Å². The van der Waals surface area contributed by atoms with Crippen molar-refractivity contribution in [3.05, 3.63) is 71.9 Å². The van der Waals surface area contributed by atoms with E-state index in [4.69, 9.17) is 11.6 Å². The second-order valence-corrected chi connectivity index (χ2v) is 6.59. The Morgan fingerprint density at radius 2 is 1.75 bits per heavy atom. The molecule has 1 aromatic heterocycles. The van der Waals surface area contributed by atoms with E-state index in [-0.39, 0.29) is 0 Å². The maximum absolute atomic E-state index is 6.07. The molecule has 2 heterocycles. The Kier molecular flexibility index (Phi) is 3.95. The molecule has 0 aliphatic carbocycles. The molecule has 0 radical (unpaired) electrons. The fourth-order valence-electron chi connectivity index (χ4n) is 3.38. The number of nitrogens with one attached hydrogen (secondary N) is 1. The van der Waals surface area contributed by atoms with Gasteiger partial charge in [-0.2, -0.15) is 0 Å². The molecule has 1 fully saturated rings. The highest BCUT2D eigenvalue weighted by Crippen LogP contribution is 2.29. The SMILES string of the molecule is C=C(c1c[nH]c2cc(Cl)ccc12)N1CCN(c2ccccc2)CC1. The normalized spacial score (nSPS) is 15.0. The second kappa shape index (κ2) is 6.25. The zero-order chi connectivity index (χ0) is 16.5. The second-order valence-electron chi connectivity index (χ2n) is 6.15. The maximum atomic E-state index is 6.07. The predicted octanol–water partition coefficient (Wildman–Crippen LogP) is 4.61. The molecule has 122 valence electrons. The molecule has 0 amide bonds. The van der Waals surface area contributed by atoms with Crippen LogP contribution in [-0.2, 0) is 0 Å². The summed E-state index contributed by atoms with van der Waals surface area (Å²) < 4.78 is 0. The Bertz CT molecular complexity index is 861. The molecule has 0 atom stereocenters. The van der Waals surface area contributed by atoms with E-state index in [9.17, 15) is 0 Å². The van der Waals surface area contributed by atoms with E-state index >= 15 is 0 Å². The number of piperazine rings is 1. The van der Waals surface area contributed by atoms with E-state index in [1.807, 2.05) is 18.3 Å².